The molecule has 0 aliphatic carbocycles. The lowest BCUT2D eigenvalue weighted by atomic mass is 9.89. The van der Waals surface area contributed by atoms with E-state index in [9.17, 15) is 4.79 Å². The van der Waals surface area contributed by atoms with Crippen LogP contribution >= 0.6 is 0 Å². The molecule has 2 N–H and O–H groups in total. The zero-order valence-electron chi connectivity index (χ0n) is 13.1. The lowest BCUT2D eigenvalue weighted by Gasteiger charge is -2.23. The first-order valence-corrected chi connectivity index (χ1v) is 6.88. The van der Waals surface area contributed by atoms with Gasteiger partial charge in [0.05, 0.1) is 0 Å². The molecule has 0 spiro atoms. The van der Waals surface area contributed by atoms with Crippen LogP contribution in [0.2, 0.25) is 0 Å². The molecule has 0 radical (unpaired) electrons. The van der Waals surface area contributed by atoms with Gasteiger partial charge in [0.15, 0.2) is 0 Å². The fraction of sp³-hybridized carbons (Fsp3) is 0.933. The van der Waals surface area contributed by atoms with E-state index in [2.05, 4.69) is 20.8 Å². The largest absolute Gasteiger partial charge is 0.460 e. The summed E-state index contributed by atoms with van der Waals surface area (Å²) in [7, 11) is 0. The Morgan fingerprint density at radius 2 is 1.56 bits per heavy atom. The first-order valence-electron chi connectivity index (χ1n) is 6.88. The van der Waals surface area contributed by atoms with E-state index in [0.717, 1.165) is 19.3 Å². The van der Waals surface area contributed by atoms with Crippen LogP contribution in [0.15, 0.2) is 0 Å². The highest BCUT2D eigenvalue weighted by atomic mass is 16.6. The smallest absolute Gasteiger partial charge is 0.306 e. The van der Waals surface area contributed by atoms with Gasteiger partial charge in [0.1, 0.15) is 5.60 Å². The van der Waals surface area contributed by atoms with Crippen molar-refractivity contribution >= 4 is 5.97 Å². The van der Waals surface area contributed by atoms with Crippen molar-refractivity contribution in [3.05, 3.63) is 0 Å². The van der Waals surface area contributed by atoms with E-state index in [1.54, 1.807) is 0 Å². The fourth-order valence-electron chi connectivity index (χ4n) is 1.53. The molecule has 0 bridgehead atoms. The molecule has 0 aromatic heterocycles. The minimum absolute atomic E-state index is 0. The summed E-state index contributed by atoms with van der Waals surface area (Å²) in [6, 6.07) is 0. The molecule has 0 saturated heterocycles. The third kappa shape index (κ3) is 11.9. The van der Waals surface area contributed by atoms with Crippen molar-refractivity contribution in [2.75, 3.05) is 0 Å². The summed E-state index contributed by atoms with van der Waals surface area (Å²) in [5.41, 5.74) is 0.104. The van der Waals surface area contributed by atoms with Gasteiger partial charge in [-0.25, -0.2) is 0 Å². The Kier molecular flexibility index (Phi) is 9.35. The number of ether oxygens (including phenoxy) is 1. The number of hydrogen-bond donors (Lipinski definition) is 0. The number of hydrogen-bond acceptors (Lipinski definition) is 2. The fourth-order valence-corrected chi connectivity index (χ4v) is 1.53. The second-order valence-corrected chi connectivity index (χ2v) is 6.71. The average molecular weight is 260 g/mol. The van der Waals surface area contributed by atoms with Gasteiger partial charge in [-0.15, -0.1) is 0 Å². The lowest BCUT2D eigenvalue weighted by Crippen LogP contribution is -2.26. The highest BCUT2D eigenvalue weighted by Gasteiger charge is 2.19. The highest BCUT2D eigenvalue weighted by Crippen LogP contribution is 2.22. The van der Waals surface area contributed by atoms with Crippen molar-refractivity contribution in [3.8, 4) is 0 Å². The minimum Gasteiger partial charge on any atom is -0.460 e. The molecule has 0 amide bonds. The third-order valence-electron chi connectivity index (χ3n) is 3.05. The summed E-state index contributed by atoms with van der Waals surface area (Å²) >= 11 is 0. The molecule has 0 aromatic carbocycles. The number of carbonyl (C=O) groups excluding carboxylic acids is 1. The lowest BCUT2D eigenvalue weighted by molar-refractivity contribution is -0.156. The molecule has 110 valence electrons. The number of rotatable bonds is 7. The molecule has 0 atom stereocenters. The average Bonchev–Trinajstić information content (AvgIpc) is 2.14. The molecule has 18 heavy (non-hydrogen) atoms. The Morgan fingerprint density at radius 3 is 2.00 bits per heavy atom. The van der Waals surface area contributed by atoms with Crippen molar-refractivity contribution in [2.24, 2.45) is 5.41 Å². The second kappa shape index (κ2) is 8.52. The summed E-state index contributed by atoms with van der Waals surface area (Å²) in [6.07, 6.45) is 5.93. The van der Waals surface area contributed by atoms with E-state index in [-0.39, 0.29) is 17.0 Å². The maximum Gasteiger partial charge on any atom is 0.306 e. The Bertz CT molecular complexity index is 226. The third-order valence-corrected chi connectivity index (χ3v) is 3.05. The molecule has 3 heteroatoms. The van der Waals surface area contributed by atoms with Gasteiger partial charge in [0.25, 0.3) is 0 Å². The van der Waals surface area contributed by atoms with Crippen LogP contribution < -0.4 is 0 Å². The molecule has 3 nitrogen and oxygen atoms in total. The van der Waals surface area contributed by atoms with E-state index in [0.29, 0.717) is 11.8 Å². The molecule has 0 unspecified atom stereocenters. The molecule has 0 saturated carbocycles. The molecule has 0 aliphatic rings. The normalized spacial score (nSPS) is 11.9. The monoisotopic (exact) mass is 260 g/mol. The van der Waals surface area contributed by atoms with Crippen molar-refractivity contribution in [2.45, 2.75) is 85.7 Å². The summed E-state index contributed by atoms with van der Waals surface area (Å²) in [4.78, 5) is 11.6. The van der Waals surface area contributed by atoms with Crippen LogP contribution in [-0.4, -0.2) is 17.0 Å². The summed E-state index contributed by atoms with van der Waals surface area (Å²) in [5.74, 6) is -0.0485. The first-order chi connectivity index (χ1) is 7.66. The van der Waals surface area contributed by atoms with Crippen molar-refractivity contribution in [1.29, 1.82) is 0 Å². The Hall–Kier alpha value is -0.570. The Labute approximate surface area is 113 Å². The van der Waals surface area contributed by atoms with Crippen LogP contribution in [0.1, 0.15) is 80.1 Å². The zero-order chi connectivity index (χ0) is 13.5. The van der Waals surface area contributed by atoms with Crippen LogP contribution in [0.5, 0.6) is 0 Å². The topological polar surface area (TPSA) is 57.8 Å². The van der Waals surface area contributed by atoms with Crippen molar-refractivity contribution in [1.82, 2.24) is 0 Å². The predicted molar refractivity (Wildman–Crippen MR) is 76.6 cm³/mol. The van der Waals surface area contributed by atoms with E-state index in [1.165, 1.54) is 12.8 Å². The van der Waals surface area contributed by atoms with Crippen LogP contribution in [0, 0.1) is 5.41 Å². The Balaban J connectivity index is 0. The molecule has 0 aliphatic heterocycles. The summed E-state index contributed by atoms with van der Waals surface area (Å²) < 4.78 is 5.40. The molecule has 0 rings (SSSR count). The van der Waals surface area contributed by atoms with Gasteiger partial charge in [0.2, 0.25) is 0 Å². The van der Waals surface area contributed by atoms with E-state index < -0.39 is 0 Å². The molecule has 0 fully saturated rings. The van der Waals surface area contributed by atoms with Crippen molar-refractivity contribution in [3.63, 3.8) is 0 Å². The van der Waals surface area contributed by atoms with E-state index >= 15 is 0 Å². The maximum absolute atomic E-state index is 11.6. The molecular formula is C15H32O3. The minimum atomic E-state index is -0.303. The number of unbranched alkanes of at least 4 members (excludes halogenated alkanes) is 2. The quantitative estimate of drug-likeness (QED) is 0.515. The maximum atomic E-state index is 11.6. The van der Waals surface area contributed by atoms with Crippen LogP contribution in [0.25, 0.3) is 0 Å². The number of carbonyl (C=O) groups is 1. The van der Waals surface area contributed by atoms with Gasteiger partial charge in [0, 0.05) is 6.42 Å². The zero-order valence-corrected chi connectivity index (χ0v) is 13.1. The highest BCUT2D eigenvalue weighted by molar-refractivity contribution is 5.69. The van der Waals surface area contributed by atoms with E-state index in [1.807, 2.05) is 20.8 Å². The summed E-state index contributed by atoms with van der Waals surface area (Å²) in [6.45, 7) is 12.7. The van der Waals surface area contributed by atoms with Gasteiger partial charge in [-0.2, -0.15) is 0 Å². The second-order valence-electron chi connectivity index (χ2n) is 6.71. The van der Waals surface area contributed by atoms with Gasteiger partial charge < -0.3 is 10.2 Å². The van der Waals surface area contributed by atoms with Crippen LogP contribution in [-0.2, 0) is 9.53 Å². The predicted octanol–water partition coefficient (Wildman–Crippen LogP) is 3.89. The van der Waals surface area contributed by atoms with Gasteiger partial charge in [-0.3, -0.25) is 4.79 Å². The molecular weight excluding hydrogens is 228 g/mol. The van der Waals surface area contributed by atoms with Crippen LogP contribution in [0.3, 0.4) is 0 Å². The van der Waals surface area contributed by atoms with Gasteiger partial charge >= 0.3 is 5.97 Å². The summed E-state index contributed by atoms with van der Waals surface area (Å²) in [5, 5.41) is 0. The van der Waals surface area contributed by atoms with E-state index in [4.69, 9.17) is 4.74 Å². The van der Waals surface area contributed by atoms with Gasteiger partial charge in [-0.1, -0.05) is 40.5 Å². The van der Waals surface area contributed by atoms with Crippen LogP contribution in [0.4, 0.5) is 0 Å². The Morgan fingerprint density at radius 1 is 1.00 bits per heavy atom. The first kappa shape index (κ1) is 19.8. The number of esters is 1. The van der Waals surface area contributed by atoms with Crippen molar-refractivity contribution < 1.29 is 15.0 Å². The standard InChI is InChI=1S/C15H30O2.H2O/c1-7-15(5,6)17-13(16)11-9-8-10-12-14(2,3)4;/h7-12H2,1-6H3;1H2. The van der Waals surface area contributed by atoms with Gasteiger partial charge in [-0.05, 0) is 38.5 Å². The molecule has 0 aromatic rings. The SMILES string of the molecule is CCC(C)(C)OC(=O)CCCCCC(C)(C)C.O. The molecule has 0 heterocycles.